The quantitative estimate of drug-likeness (QED) is 0.256. The van der Waals surface area contributed by atoms with Gasteiger partial charge in [0.05, 0.1) is 24.3 Å². The van der Waals surface area contributed by atoms with Gasteiger partial charge in [0, 0.05) is 21.9 Å². The van der Waals surface area contributed by atoms with Gasteiger partial charge in [-0.15, -0.1) is 23.1 Å². The lowest BCUT2D eigenvalue weighted by molar-refractivity contribution is -0.138. The molecule has 1 aromatic carbocycles. The molecule has 3 rings (SSSR count). The second-order valence-electron chi connectivity index (χ2n) is 7.98. The van der Waals surface area contributed by atoms with Gasteiger partial charge in [0.1, 0.15) is 5.00 Å². The normalized spacial score (nSPS) is 13.8. The molecule has 2 amide bonds. The van der Waals surface area contributed by atoms with Gasteiger partial charge in [0.2, 0.25) is 11.8 Å². The zero-order valence-electron chi connectivity index (χ0n) is 19.1. The molecule has 2 aromatic rings. The number of carboxylic acids is 1. The van der Waals surface area contributed by atoms with Crippen LogP contribution in [0.2, 0.25) is 0 Å². The molecule has 1 atom stereocenters. The van der Waals surface area contributed by atoms with Gasteiger partial charge in [0.15, 0.2) is 0 Å². The molecule has 8 nitrogen and oxygen atoms in total. The van der Waals surface area contributed by atoms with E-state index in [2.05, 4.69) is 10.6 Å². The number of aryl methyl sites for hydroxylation is 1. The van der Waals surface area contributed by atoms with E-state index in [4.69, 9.17) is 9.84 Å². The van der Waals surface area contributed by atoms with E-state index in [1.54, 1.807) is 25.1 Å². The van der Waals surface area contributed by atoms with Gasteiger partial charge in [-0.25, -0.2) is 4.79 Å². The van der Waals surface area contributed by atoms with Crippen molar-refractivity contribution in [2.45, 2.75) is 62.0 Å². The second-order valence-corrected chi connectivity index (χ2v) is 10.5. The maximum absolute atomic E-state index is 13.0. The number of methoxy groups -OCH3 is 1. The fourth-order valence-electron chi connectivity index (χ4n) is 3.71. The Morgan fingerprint density at radius 3 is 2.62 bits per heavy atom. The van der Waals surface area contributed by atoms with Crippen LogP contribution in [0, 0.1) is 0 Å². The van der Waals surface area contributed by atoms with E-state index >= 15 is 0 Å². The van der Waals surface area contributed by atoms with E-state index in [0.29, 0.717) is 16.3 Å². The topological polar surface area (TPSA) is 122 Å². The highest BCUT2D eigenvalue weighted by molar-refractivity contribution is 8.00. The van der Waals surface area contributed by atoms with Crippen molar-refractivity contribution in [3.8, 4) is 0 Å². The fourth-order valence-corrected chi connectivity index (χ4v) is 5.92. The second kappa shape index (κ2) is 12.0. The third-order valence-electron chi connectivity index (χ3n) is 5.41. The first-order valence-electron chi connectivity index (χ1n) is 11.1. The first-order valence-corrected chi connectivity index (χ1v) is 12.8. The van der Waals surface area contributed by atoms with Gasteiger partial charge < -0.3 is 20.5 Å². The minimum Gasteiger partial charge on any atom is -0.481 e. The Balaban J connectivity index is 1.67. The maximum atomic E-state index is 13.0. The molecular formula is C24H28N2O6S2. The number of hydrogen-bond acceptors (Lipinski definition) is 7. The minimum absolute atomic E-state index is 0.112. The number of thiophene rings is 1. The predicted molar refractivity (Wildman–Crippen MR) is 133 cm³/mol. The molecule has 1 aromatic heterocycles. The third-order valence-corrected chi connectivity index (χ3v) is 7.71. The van der Waals surface area contributed by atoms with E-state index in [1.807, 2.05) is 6.07 Å². The Bertz CT molecular complexity index is 1080. The largest absolute Gasteiger partial charge is 0.481 e. The van der Waals surface area contributed by atoms with E-state index < -0.39 is 17.2 Å². The van der Waals surface area contributed by atoms with Crippen LogP contribution < -0.4 is 10.6 Å². The summed E-state index contributed by atoms with van der Waals surface area (Å²) in [7, 11) is 1.35. The Kier molecular flexibility index (Phi) is 9.12. The average Bonchev–Trinajstić information content (AvgIpc) is 2.97. The molecule has 1 aliphatic carbocycles. The van der Waals surface area contributed by atoms with Crippen molar-refractivity contribution in [1.29, 1.82) is 0 Å². The molecule has 0 saturated carbocycles. The number of hydrogen-bond donors (Lipinski definition) is 3. The number of carbonyl (C=O) groups excluding carboxylic acids is 3. The molecule has 0 spiro atoms. The van der Waals surface area contributed by atoms with Crippen molar-refractivity contribution in [1.82, 2.24) is 0 Å². The number of thioether (sulfide) groups is 1. The highest BCUT2D eigenvalue weighted by atomic mass is 32.2. The number of rotatable bonds is 9. The molecule has 1 heterocycles. The molecule has 1 aliphatic rings. The summed E-state index contributed by atoms with van der Waals surface area (Å²) >= 11 is 2.78. The summed E-state index contributed by atoms with van der Waals surface area (Å²) in [5.41, 5.74) is 2.00. The number of carbonyl (C=O) groups is 4. The van der Waals surface area contributed by atoms with Crippen LogP contribution in [-0.2, 0) is 32.0 Å². The van der Waals surface area contributed by atoms with Crippen molar-refractivity contribution < 1.29 is 29.0 Å². The lowest BCUT2D eigenvalue weighted by Gasteiger charge is -2.13. The van der Waals surface area contributed by atoms with Crippen molar-refractivity contribution >= 4 is 57.5 Å². The van der Waals surface area contributed by atoms with Crippen molar-refractivity contribution in [3.05, 3.63) is 40.3 Å². The first kappa shape index (κ1) is 25.8. The van der Waals surface area contributed by atoms with Crippen molar-refractivity contribution in [2.24, 2.45) is 0 Å². The zero-order chi connectivity index (χ0) is 24.7. The van der Waals surface area contributed by atoms with Gasteiger partial charge in [-0.1, -0.05) is 12.5 Å². The molecule has 1 unspecified atom stereocenters. The van der Waals surface area contributed by atoms with E-state index in [1.165, 1.54) is 30.2 Å². The third kappa shape index (κ3) is 6.83. The summed E-state index contributed by atoms with van der Waals surface area (Å²) < 4.78 is 5.00. The van der Waals surface area contributed by atoms with Crippen molar-refractivity contribution in [3.63, 3.8) is 0 Å². The molecule has 0 bridgehead atoms. The first-order chi connectivity index (χ1) is 16.3. The van der Waals surface area contributed by atoms with E-state index in [9.17, 15) is 19.2 Å². The number of amides is 2. The summed E-state index contributed by atoms with van der Waals surface area (Å²) in [4.78, 5) is 49.9. The fraction of sp³-hybridized carbons (Fsp3) is 0.417. The van der Waals surface area contributed by atoms with Crippen LogP contribution in [0.3, 0.4) is 0 Å². The number of carboxylic acid groups (broad SMARTS) is 1. The summed E-state index contributed by atoms with van der Waals surface area (Å²) in [6.07, 6.45) is 4.55. The maximum Gasteiger partial charge on any atom is 0.341 e. The summed E-state index contributed by atoms with van der Waals surface area (Å²) in [5, 5.41) is 14.4. The molecule has 0 fully saturated rings. The molecule has 0 saturated heterocycles. The summed E-state index contributed by atoms with van der Waals surface area (Å²) in [5.74, 6) is -2.08. The smallest absolute Gasteiger partial charge is 0.341 e. The Hall–Kier alpha value is -2.85. The van der Waals surface area contributed by atoms with Crippen LogP contribution in [0.15, 0.2) is 29.2 Å². The Morgan fingerprint density at radius 1 is 1.12 bits per heavy atom. The molecule has 182 valence electrons. The standard InChI is InChI=1S/C24H28N2O6S2/c1-14(33-16-8-6-7-15(13-16)25-19(27)11-12-20(28)29)22(30)26-23-21(24(31)32-2)17-9-4-3-5-10-18(17)34-23/h6-8,13-14H,3-5,9-12H2,1-2H3,(H,25,27)(H,26,30)(H,28,29). The van der Waals surface area contributed by atoms with Crippen LogP contribution in [0.5, 0.6) is 0 Å². The molecule has 3 N–H and O–H groups in total. The molecule has 0 radical (unpaired) electrons. The van der Waals surface area contributed by atoms with Gasteiger partial charge >= 0.3 is 11.9 Å². The highest BCUT2D eigenvalue weighted by Gasteiger charge is 2.27. The van der Waals surface area contributed by atoms with Crippen LogP contribution in [0.1, 0.15) is 59.8 Å². The molecule has 0 aliphatic heterocycles. The summed E-state index contributed by atoms with van der Waals surface area (Å²) in [6.45, 7) is 1.77. The van der Waals surface area contributed by atoms with Gasteiger partial charge in [0.25, 0.3) is 0 Å². The lowest BCUT2D eigenvalue weighted by atomic mass is 10.1. The Morgan fingerprint density at radius 2 is 1.88 bits per heavy atom. The van der Waals surface area contributed by atoms with E-state index in [0.717, 1.165) is 47.4 Å². The number of nitrogens with one attached hydrogen (secondary N) is 2. The van der Waals surface area contributed by atoms with Crippen LogP contribution in [-0.4, -0.2) is 41.2 Å². The number of esters is 1. The average molecular weight is 505 g/mol. The number of ether oxygens (including phenoxy) is 1. The van der Waals surface area contributed by atoms with Crippen LogP contribution >= 0.6 is 23.1 Å². The zero-order valence-corrected chi connectivity index (χ0v) is 20.8. The summed E-state index contributed by atoms with van der Waals surface area (Å²) in [6, 6.07) is 7.02. The monoisotopic (exact) mass is 504 g/mol. The number of anilines is 2. The van der Waals surface area contributed by atoms with Crippen molar-refractivity contribution in [2.75, 3.05) is 17.7 Å². The number of fused-ring (bicyclic) bond motifs is 1. The molecule has 10 heteroatoms. The van der Waals surface area contributed by atoms with Gasteiger partial charge in [-0.05, 0) is 56.4 Å². The highest BCUT2D eigenvalue weighted by Crippen LogP contribution is 2.38. The number of benzene rings is 1. The van der Waals surface area contributed by atoms with Gasteiger partial charge in [-0.3, -0.25) is 14.4 Å². The predicted octanol–water partition coefficient (Wildman–Crippen LogP) is 4.73. The lowest BCUT2D eigenvalue weighted by Crippen LogP contribution is -2.23. The molecular weight excluding hydrogens is 476 g/mol. The SMILES string of the molecule is COC(=O)c1c(NC(=O)C(C)Sc2cccc(NC(=O)CCC(=O)O)c2)sc2c1CCCCC2. The minimum atomic E-state index is -1.03. The van der Waals surface area contributed by atoms with Crippen LogP contribution in [0.4, 0.5) is 10.7 Å². The van der Waals surface area contributed by atoms with Crippen LogP contribution in [0.25, 0.3) is 0 Å². The number of aliphatic carboxylic acids is 1. The van der Waals surface area contributed by atoms with Gasteiger partial charge in [-0.2, -0.15) is 0 Å². The van der Waals surface area contributed by atoms with E-state index in [-0.39, 0.29) is 24.7 Å². The Labute approximate surface area is 206 Å². The molecule has 34 heavy (non-hydrogen) atoms.